The lowest BCUT2D eigenvalue weighted by atomic mass is 10.0. The van der Waals surface area contributed by atoms with Gasteiger partial charge in [-0.25, -0.2) is 0 Å². The molecule has 0 aliphatic carbocycles. The fourth-order valence-corrected chi connectivity index (χ4v) is 3.51. The smallest absolute Gasteiger partial charge is 0.417 e. The molecule has 0 spiro atoms. The van der Waals surface area contributed by atoms with Crippen LogP contribution in [0.25, 0.3) is 0 Å². The highest BCUT2D eigenvalue weighted by molar-refractivity contribution is 7.80. The van der Waals surface area contributed by atoms with Gasteiger partial charge in [0, 0.05) is 37.0 Å². The van der Waals surface area contributed by atoms with Crippen molar-refractivity contribution in [3.63, 3.8) is 0 Å². The molecule has 0 bridgehead atoms. The first-order valence-corrected chi connectivity index (χ1v) is 10.3. The number of amides is 1. The van der Waals surface area contributed by atoms with Crippen LogP contribution >= 0.6 is 23.8 Å². The molecule has 1 aromatic heterocycles. The summed E-state index contributed by atoms with van der Waals surface area (Å²) in [5.74, 6) is 0.702. The molecule has 3 aromatic rings. The van der Waals surface area contributed by atoms with E-state index in [-0.39, 0.29) is 23.0 Å². The molecular weight excluding hydrogens is 461 g/mol. The number of hydrogen-bond donors (Lipinski definition) is 1. The van der Waals surface area contributed by atoms with Crippen LogP contribution in [0.15, 0.2) is 60.8 Å². The molecule has 166 valence electrons. The number of aromatic nitrogens is 1. The maximum absolute atomic E-state index is 13.0. The lowest BCUT2D eigenvalue weighted by Gasteiger charge is -2.12. The Balaban J connectivity index is 1.62. The van der Waals surface area contributed by atoms with Crippen LogP contribution in [0, 0.1) is 0 Å². The van der Waals surface area contributed by atoms with E-state index in [1.165, 1.54) is 25.4 Å². The van der Waals surface area contributed by atoms with Gasteiger partial charge in [-0.2, -0.15) is 13.2 Å². The van der Waals surface area contributed by atoms with Crippen LogP contribution in [-0.2, 0) is 19.0 Å². The molecule has 0 unspecified atom stereocenters. The number of benzene rings is 2. The number of rotatable bonds is 7. The maximum atomic E-state index is 13.0. The molecule has 32 heavy (non-hydrogen) atoms. The van der Waals surface area contributed by atoms with Crippen molar-refractivity contribution in [3.05, 3.63) is 88.2 Å². The Bertz CT molecular complexity index is 1130. The van der Waals surface area contributed by atoms with Gasteiger partial charge >= 0.3 is 6.18 Å². The average Bonchev–Trinajstić information content (AvgIpc) is 2.75. The summed E-state index contributed by atoms with van der Waals surface area (Å²) in [5.41, 5.74) is 0.726. The van der Waals surface area contributed by atoms with Crippen LogP contribution in [0.1, 0.15) is 27.2 Å². The summed E-state index contributed by atoms with van der Waals surface area (Å²) in [4.78, 5) is 16.3. The van der Waals surface area contributed by atoms with Crippen molar-refractivity contribution in [2.75, 3.05) is 7.05 Å². The molecule has 0 radical (unpaired) electrons. The maximum Gasteiger partial charge on any atom is 0.417 e. The summed E-state index contributed by atoms with van der Waals surface area (Å²) in [5, 5.41) is 2.16. The number of nitrogens with one attached hydrogen (secondary N) is 1. The Morgan fingerprint density at radius 3 is 2.34 bits per heavy atom. The van der Waals surface area contributed by atoms with Crippen molar-refractivity contribution in [2.45, 2.75) is 19.0 Å². The summed E-state index contributed by atoms with van der Waals surface area (Å²) >= 11 is 11.0. The van der Waals surface area contributed by atoms with Crippen LogP contribution in [0.4, 0.5) is 13.2 Å². The monoisotopic (exact) mass is 478 g/mol. The third-order valence-electron chi connectivity index (χ3n) is 4.49. The van der Waals surface area contributed by atoms with Gasteiger partial charge in [-0.3, -0.25) is 9.78 Å². The number of hydrogen-bond acceptors (Lipinski definition) is 4. The Morgan fingerprint density at radius 1 is 1.03 bits per heavy atom. The predicted octanol–water partition coefficient (Wildman–Crippen LogP) is 6.06. The number of carbonyl (C=O) groups is 1. The number of halogens is 4. The van der Waals surface area contributed by atoms with Gasteiger partial charge in [0.05, 0.1) is 10.6 Å². The molecular formula is C23H18ClF3N2O2S. The van der Waals surface area contributed by atoms with Crippen LogP contribution < -0.4 is 10.1 Å². The molecule has 0 saturated carbocycles. The molecule has 0 aliphatic rings. The molecule has 9 heteroatoms. The lowest BCUT2D eigenvalue weighted by Crippen LogP contribution is -2.18. The average molecular weight is 479 g/mol. The van der Waals surface area contributed by atoms with E-state index in [0.29, 0.717) is 28.3 Å². The number of thiocarbonyl (C=S) groups is 1. The standard InChI is InChI=1S/C23H18ClF3N2O2S/c1-28-22(30)21-13-17(8-9-29-21)31-16-5-2-14(3-6-16)10-18(32)11-15-4-7-20(24)19(12-15)23(25,26)27/h2-9,12-13H,10-11H2,1H3,(H,28,30). The summed E-state index contributed by atoms with van der Waals surface area (Å²) in [6, 6.07) is 14.1. The predicted molar refractivity (Wildman–Crippen MR) is 121 cm³/mol. The van der Waals surface area contributed by atoms with Gasteiger partial charge in [-0.15, -0.1) is 0 Å². The summed E-state index contributed by atoms with van der Waals surface area (Å²) in [7, 11) is 1.52. The van der Waals surface area contributed by atoms with E-state index in [9.17, 15) is 18.0 Å². The minimum atomic E-state index is -4.51. The molecule has 1 N–H and O–H groups in total. The third kappa shape index (κ3) is 6.27. The third-order valence-corrected chi connectivity index (χ3v) is 5.11. The van der Waals surface area contributed by atoms with Crippen molar-refractivity contribution in [2.24, 2.45) is 0 Å². The van der Waals surface area contributed by atoms with Crippen LogP contribution in [0.2, 0.25) is 5.02 Å². The Labute approximate surface area is 193 Å². The highest BCUT2D eigenvalue weighted by Gasteiger charge is 2.33. The molecule has 0 saturated heterocycles. The zero-order valence-electron chi connectivity index (χ0n) is 16.9. The van der Waals surface area contributed by atoms with Crippen molar-refractivity contribution >= 4 is 34.6 Å². The van der Waals surface area contributed by atoms with Crippen LogP contribution in [0.3, 0.4) is 0 Å². The van der Waals surface area contributed by atoms with Gasteiger partial charge in [0.25, 0.3) is 5.91 Å². The van der Waals surface area contributed by atoms with Gasteiger partial charge < -0.3 is 10.1 Å². The van der Waals surface area contributed by atoms with Gasteiger partial charge in [0.2, 0.25) is 0 Å². The largest absolute Gasteiger partial charge is 0.457 e. The SMILES string of the molecule is CNC(=O)c1cc(Oc2ccc(CC(=S)Cc3ccc(Cl)c(C(F)(F)F)c3)cc2)ccn1. The minimum Gasteiger partial charge on any atom is -0.457 e. The molecule has 3 rings (SSSR count). The van der Waals surface area contributed by atoms with Gasteiger partial charge in [-0.05, 0) is 41.5 Å². The van der Waals surface area contributed by atoms with Gasteiger partial charge in [0.15, 0.2) is 0 Å². The Morgan fingerprint density at radius 2 is 1.69 bits per heavy atom. The first kappa shape index (κ1) is 23.7. The second kappa shape index (κ2) is 10.1. The fraction of sp³-hybridized carbons (Fsp3) is 0.174. The zero-order valence-corrected chi connectivity index (χ0v) is 18.4. The second-order valence-corrected chi connectivity index (χ2v) is 7.89. The topological polar surface area (TPSA) is 51.2 Å². The fourth-order valence-electron chi connectivity index (χ4n) is 2.96. The molecule has 0 fully saturated rings. The van der Waals surface area contributed by atoms with Crippen molar-refractivity contribution in [1.82, 2.24) is 10.3 Å². The molecule has 2 aromatic carbocycles. The number of nitrogens with zero attached hydrogens (tertiary/aromatic N) is 1. The first-order valence-electron chi connectivity index (χ1n) is 9.48. The Hall–Kier alpha value is -2.97. The summed E-state index contributed by atoms with van der Waals surface area (Å²) in [6.07, 6.45) is -2.38. The summed E-state index contributed by atoms with van der Waals surface area (Å²) < 4.78 is 44.9. The number of ether oxygens (including phenoxy) is 1. The van der Waals surface area contributed by atoms with Crippen molar-refractivity contribution in [3.8, 4) is 11.5 Å². The number of alkyl halides is 3. The summed E-state index contributed by atoms with van der Waals surface area (Å²) in [6.45, 7) is 0. The van der Waals surface area contributed by atoms with Crippen LogP contribution in [-0.4, -0.2) is 22.8 Å². The van der Waals surface area contributed by atoms with E-state index >= 15 is 0 Å². The van der Waals surface area contributed by atoms with Gasteiger partial charge in [-0.1, -0.05) is 42.0 Å². The van der Waals surface area contributed by atoms with E-state index < -0.39 is 11.7 Å². The molecule has 1 amide bonds. The van der Waals surface area contributed by atoms with E-state index in [1.54, 1.807) is 24.3 Å². The number of carbonyl (C=O) groups excluding carboxylic acids is 1. The molecule has 0 atom stereocenters. The molecule has 0 aliphatic heterocycles. The molecule has 1 heterocycles. The highest BCUT2D eigenvalue weighted by Crippen LogP contribution is 2.35. The molecule has 4 nitrogen and oxygen atoms in total. The van der Waals surface area contributed by atoms with E-state index in [1.807, 2.05) is 12.1 Å². The van der Waals surface area contributed by atoms with Crippen molar-refractivity contribution < 1.29 is 22.7 Å². The van der Waals surface area contributed by atoms with Crippen molar-refractivity contribution in [1.29, 1.82) is 0 Å². The zero-order chi connectivity index (χ0) is 23.3. The van der Waals surface area contributed by atoms with E-state index in [0.717, 1.165) is 11.6 Å². The van der Waals surface area contributed by atoms with Crippen LogP contribution in [0.5, 0.6) is 11.5 Å². The van der Waals surface area contributed by atoms with E-state index in [2.05, 4.69) is 10.3 Å². The Kier molecular flexibility index (Phi) is 7.48. The number of pyridine rings is 1. The van der Waals surface area contributed by atoms with E-state index in [4.69, 9.17) is 28.6 Å². The minimum absolute atomic E-state index is 0.229. The van der Waals surface area contributed by atoms with Gasteiger partial charge in [0.1, 0.15) is 17.2 Å². The first-order chi connectivity index (χ1) is 15.2. The lowest BCUT2D eigenvalue weighted by molar-refractivity contribution is -0.137. The highest BCUT2D eigenvalue weighted by atomic mass is 35.5. The normalized spacial score (nSPS) is 11.2. The second-order valence-electron chi connectivity index (χ2n) is 6.91. The quantitative estimate of drug-likeness (QED) is 0.419.